The van der Waals surface area contributed by atoms with Gasteiger partial charge >= 0.3 is 0 Å². The minimum atomic E-state index is -0.228. The minimum Gasteiger partial charge on any atom is -0.352 e. The van der Waals surface area contributed by atoms with Crippen molar-refractivity contribution < 1.29 is 4.79 Å². The van der Waals surface area contributed by atoms with E-state index in [2.05, 4.69) is 15.5 Å². The Morgan fingerprint density at radius 1 is 1.15 bits per heavy atom. The molecule has 1 fully saturated rings. The average Bonchev–Trinajstić information content (AvgIpc) is 3.21. The van der Waals surface area contributed by atoms with Crippen molar-refractivity contribution in [2.75, 3.05) is 0 Å². The summed E-state index contributed by atoms with van der Waals surface area (Å²) in [4.78, 5) is 25.1. The van der Waals surface area contributed by atoms with Gasteiger partial charge in [0.1, 0.15) is 6.54 Å². The van der Waals surface area contributed by atoms with Gasteiger partial charge in [-0.3, -0.25) is 14.3 Å². The Balaban J connectivity index is 1.40. The van der Waals surface area contributed by atoms with Gasteiger partial charge in [-0.25, -0.2) is 4.68 Å². The van der Waals surface area contributed by atoms with Gasteiger partial charge in [0.05, 0.1) is 17.1 Å². The molecule has 0 atom stereocenters. The molecule has 3 aromatic rings. The Hall–Kier alpha value is -2.96. The third-order valence-electron chi connectivity index (χ3n) is 5.31. The first kappa shape index (κ1) is 17.5. The van der Waals surface area contributed by atoms with Gasteiger partial charge in [-0.2, -0.15) is 10.2 Å². The van der Waals surface area contributed by atoms with Crippen molar-refractivity contribution in [2.45, 2.75) is 51.2 Å². The number of nitrogens with one attached hydrogen (secondary N) is 1. The van der Waals surface area contributed by atoms with Crippen molar-refractivity contribution in [1.82, 2.24) is 24.9 Å². The second kappa shape index (κ2) is 7.34. The van der Waals surface area contributed by atoms with Gasteiger partial charge in [-0.1, -0.05) is 18.2 Å². The first-order valence-electron chi connectivity index (χ1n) is 9.37. The quantitative estimate of drug-likeness (QED) is 0.768. The number of nitrogens with zero attached hydrogens (tertiary/aromatic N) is 4. The first-order chi connectivity index (χ1) is 13.1. The van der Waals surface area contributed by atoms with Crippen LogP contribution in [0, 0.1) is 6.92 Å². The largest absolute Gasteiger partial charge is 0.352 e. The Morgan fingerprint density at radius 2 is 1.89 bits per heavy atom. The lowest BCUT2D eigenvalue weighted by molar-refractivity contribution is -0.122. The highest BCUT2D eigenvalue weighted by molar-refractivity contribution is 5.83. The topological polar surface area (TPSA) is 81.8 Å². The molecular formula is C20H23N5O2. The Kier molecular flexibility index (Phi) is 4.75. The van der Waals surface area contributed by atoms with E-state index in [9.17, 15) is 9.59 Å². The molecule has 7 heteroatoms. The summed E-state index contributed by atoms with van der Waals surface area (Å²) in [6.45, 7) is 1.80. The van der Waals surface area contributed by atoms with Crippen LogP contribution in [0.25, 0.3) is 10.8 Å². The van der Waals surface area contributed by atoms with Crippen molar-refractivity contribution in [3.8, 4) is 0 Å². The second-order valence-electron chi connectivity index (χ2n) is 7.15. The lowest BCUT2D eigenvalue weighted by Crippen LogP contribution is -2.41. The summed E-state index contributed by atoms with van der Waals surface area (Å²) < 4.78 is 3.27. The molecule has 0 spiro atoms. The van der Waals surface area contributed by atoms with Gasteiger partial charge in [-0.15, -0.1) is 0 Å². The maximum Gasteiger partial charge on any atom is 0.275 e. The van der Waals surface area contributed by atoms with E-state index in [0.29, 0.717) is 11.4 Å². The molecule has 4 rings (SSSR count). The third kappa shape index (κ3) is 3.63. The fourth-order valence-electron chi connectivity index (χ4n) is 3.90. The predicted molar refractivity (Wildman–Crippen MR) is 102 cm³/mol. The van der Waals surface area contributed by atoms with Crippen LogP contribution in [0.2, 0.25) is 0 Å². The highest BCUT2D eigenvalue weighted by Crippen LogP contribution is 2.27. The Labute approximate surface area is 157 Å². The SMILES string of the molecule is Cc1nn(CC(=O)NC2CCC(n3cccn3)CC2)c(=O)c2ccccc12. The molecule has 1 amide bonds. The molecule has 1 aliphatic carbocycles. The second-order valence-corrected chi connectivity index (χ2v) is 7.15. The summed E-state index contributed by atoms with van der Waals surface area (Å²) in [5, 5.41) is 13.1. The molecule has 27 heavy (non-hydrogen) atoms. The minimum absolute atomic E-state index is 0.0520. The summed E-state index contributed by atoms with van der Waals surface area (Å²) >= 11 is 0. The number of fused-ring (bicyclic) bond motifs is 1. The summed E-state index contributed by atoms with van der Waals surface area (Å²) in [7, 11) is 0. The Bertz CT molecular complexity index is 1000. The summed E-state index contributed by atoms with van der Waals surface area (Å²) in [5.41, 5.74) is 0.520. The van der Waals surface area contributed by atoms with E-state index in [-0.39, 0.29) is 24.1 Å². The zero-order valence-electron chi connectivity index (χ0n) is 15.3. The monoisotopic (exact) mass is 365 g/mol. The van der Waals surface area contributed by atoms with Crippen molar-refractivity contribution in [2.24, 2.45) is 0 Å². The number of carbonyl (C=O) groups excluding carboxylic acids is 1. The van der Waals surface area contributed by atoms with Crippen LogP contribution in [-0.2, 0) is 11.3 Å². The van der Waals surface area contributed by atoms with Crippen LogP contribution in [-0.4, -0.2) is 31.5 Å². The average molecular weight is 365 g/mol. The molecule has 2 aromatic heterocycles. The fraction of sp³-hybridized carbons (Fsp3) is 0.400. The van der Waals surface area contributed by atoms with Crippen molar-refractivity contribution in [3.05, 3.63) is 58.8 Å². The van der Waals surface area contributed by atoms with Crippen LogP contribution < -0.4 is 10.9 Å². The number of rotatable bonds is 4. The van der Waals surface area contributed by atoms with E-state index in [1.54, 1.807) is 12.3 Å². The van der Waals surface area contributed by atoms with Gasteiger partial charge in [0.25, 0.3) is 5.56 Å². The molecule has 140 valence electrons. The number of hydrogen-bond acceptors (Lipinski definition) is 4. The molecule has 0 bridgehead atoms. The molecule has 0 unspecified atom stereocenters. The molecule has 0 radical (unpaired) electrons. The third-order valence-corrected chi connectivity index (χ3v) is 5.31. The number of aryl methyl sites for hydroxylation is 1. The summed E-state index contributed by atoms with van der Waals surface area (Å²) in [6.07, 6.45) is 7.58. The van der Waals surface area contributed by atoms with Crippen LogP contribution in [0.5, 0.6) is 0 Å². The fourth-order valence-corrected chi connectivity index (χ4v) is 3.90. The van der Waals surface area contributed by atoms with Gasteiger partial charge in [0.2, 0.25) is 5.91 Å². The molecule has 1 N–H and O–H groups in total. The lowest BCUT2D eigenvalue weighted by atomic mass is 9.91. The van der Waals surface area contributed by atoms with E-state index in [1.807, 2.05) is 42.1 Å². The smallest absolute Gasteiger partial charge is 0.275 e. The molecule has 1 aromatic carbocycles. The van der Waals surface area contributed by atoms with E-state index in [4.69, 9.17) is 0 Å². The number of carbonyl (C=O) groups is 1. The zero-order chi connectivity index (χ0) is 18.8. The molecule has 2 heterocycles. The van der Waals surface area contributed by atoms with Crippen molar-refractivity contribution in [1.29, 1.82) is 0 Å². The number of amides is 1. The molecule has 0 aliphatic heterocycles. The zero-order valence-corrected chi connectivity index (χ0v) is 15.3. The molecule has 1 aliphatic rings. The number of benzene rings is 1. The van der Waals surface area contributed by atoms with Crippen LogP contribution >= 0.6 is 0 Å². The summed E-state index contributed by atoms with van der Waals surface area (Å²) in [6, 6.07) is 9.84. The highest BCUT2D eigenvalue weighted by atomic mass is 16.2. The van der Waals surface area contributed by atoms with E-state index >= 15 is 0 Å². The van der Waals surface area contributed by atoms with Crippen LogP contribution in [0.4, 0.5) is 0 Å². The van der Waals surface area contributed by atoms with E-state index in [0.717, 1.165) is 36.8 Å². The van der Waals surface area contributed by atoms with Gasteiger partial charge < -0.3 is 5.32 Å². The van der Waals surface area contributed by atoms with Gasteiger partial charge in [0, 0.05) is 23.8 Å². The van der Waals surface area contributed by atoms with Crippen molar-refractivity contribution in [3.63, 3.8) is 0 Å². The maximum absolute atomic E-state index is 12.6. The molecule has 0 saturated heterocycles. The van der Waals surface area contributed by atoms with Crippen LogP contribution in [0.15, 0.2) is 47.5 Å². The standard InChI is InChI=1S/C20H23N5O2/c1-14-17-5-2-3-6-18(17)20(27)25(23-14)13-19(26)22-15-7-9-16(10-8-15)24-12-4-11-21-24/h2-6,11-12,15-16H,7-10,13H2,1H3,(H,22,26). The van der Waals surface area contributed by atoms with E-state index < -0.39 is 0 Å². The predicted octanol–water partition coefficient (Wildman–Crippen LogP) is 2.20. The number of hydrogen-bond donors (Lipinski definition) is 1. The van der Waals surface area contributed by atoms with Crippen LogP contribution in [0.1, 0.15) is 37.4 Å². The van der Waals surface area contributed by atoms with Gasteiger partial charge in [0.15, 0.2) is 0 Å². The van der Waals surface area contributed by atoms with Gasteiger partial charge in [-0.05, 0) is 44.7 Å². The van der Waals surface area contributed by atoms with Crippen molar-refractivity contribution >= 4 is 16.7 Å². The van der Waals surface area contributed by atoms with E-state index in [1.165, 1.54) is 4.68 Å². The highest BCUT2D eigenvalue weighted by Gasteiger charge is 2.24. The molecule has 7 nitrogen and oxygen atoms in total. The summed E-state index contributed by atoms with van der Waals surface area (Å²) in [5.74, 6) is -0.165. The lowest BCUT2D eigenvalue weighted by Gasteiger charge is -2.29. The van der Waals surface area contributed by atoms with Crippen LogP contribution in [0.3, 0.4) is 0 Å². The Morgan fingerprint density at radius 3 is 2.59 bits per heavy atom. The maximum atomic E-state index is 12.6. The molecular weight excluding hydrogens is 342 g/mol. The number of aromatic nitrogens is 4. The first-order valence-corrected chi connectivity index (χ1v) is 9.37. The molecule has 1 saturated carbocycles. The normalized spacial score (nSPS) is 19.9.